The summed E-state index contributed by atoms with van der Waals surface area (Å²) in [5, 5.41) is 0. The molecule has 0 unspecified atom stereocenters. The molecule has 1 aliphatic heterocycles. The number of carbonyl (C=O) groups is 1. The van der Waals surface area contributed by atoms with Crippen molar-refractivity contribution in [1.29, 1.82) is 0 Å². The second-order valence-corrected chi connectivity index (χ2v) is 4.48. The fourth-order valence-electron chi connectivity index (χ4n) is 2.29. The predicted octanol–water partition coefficient (Wildman–Crippen LogP) is 1.84. The van der Waals surface area contributed by atoms with E-state index in [1.165, 1.54) is 6.07 Å². The van der Waals surface area contributed by atoms with Crippen molar-refractivity contribution in [3.63, 3.8) is 0 Å². The minimum absolute atomic E-state index is 0.0768. The quantitative estimate of drug-likeness (QED) is 0.851. The van der Waals surface area contributed by atoms with Gasteiger partial charge in [0, 0.05) is 12.1 Å². The number of amides is 1. The summed E-state index contributed by atoms with van der Waals surface area (Å²) in [6, 6.07) is 5.87. The molecule has 92 valence electrons. The molecule has 17 heavy (non-hydrogen) atoms. The summed E-state index contributed by atoms with van der Waals surface area (Å²) in [5.41, 5.74) is 6.29. The SMILES string of the molecule is C[C@H](c1ccccc1F)N1CCC[C@@H](N)C1=O. The Balaban J connectivity index is 2.22. The third kappa shape index (κ3) is 2.31. The van der Waals surface area contributed by atoms with E-state index in [0.29, 0.717) is 12.1 Å². The van der Waals surface area contributed by atoms with Crippen molar-refractivity contribution >= 4 is 5.91 Å². The maximum Gasteiger partial charge on any atom is 0.239 e. The molecule has 1 saturated heterocycles. The number of benzene rings is 1. The maximum atomic E-state index is 13.7. The minimum Gasteiger partial charge on any atom is -0.334 e. The lowest BCUT2D eigenvalue weighted by molar-refractivity contribution is -0.137. The Morgan fingerprint density at radius 3 is 2.88 bits per heavy atom. The molecule has 1 aromatic carbocycles. The summed E-state index contributed by atoms with van der Waals surface area (Å²) in [7, 11) is 0. The van der Waals surface area contributed by atoms with Gasteiger partial charge in [0.25, 0.3) is 0 Å². The van der Waals surface area contributed by atoms with Gasteiger partial charge in [-0.05, 0) is 25.8 Å². The van der Waals surface area contributed by atoms with Crippen molar-refractivity contribution in [2.75, 3.05) is 6.54 Å². The number of carbonyl (C=O) groups excluding carboxylic acids is 1. The smallest absolute Gasteiger partial charge is 0.239 e. The summed E-state index contributed by atoms with van der Waals surface area (Å²) in [6.45, 7) is 2.50. The largest absolute Gasteiger partial charge is 0.334 e. The Bertz CT molecular complexity index is 422. The van der Waals surface area contributed by atoms with E-state index in [0.717, 1.165) is 12.8 Å². The van der Waals surface area contributed by atoms with E-state index in [1.807, 2.05) is 6.92 Å². The van der Waals surface area contributed by atoms with Gasteiger partial charge in [-0.2, -0.15) is 0 Å². The van der Waals surface area contributed by atoms with Crippen LogP contribution in [0.4, 0.5) is 4.39 Å². The van der Waals surface area contributed by atoms with Crippen LogP contribution in [-0.4, -0.2) is 23.4 Å². The van der Waals surface area contributed by atoms with E-state index < -0.39 is 6.04 Å². The Morgan fingerprint density at radius 2 is 2.18 bits per heavy atom. The molecule has 2 rings (SSSR count). The monoisotopic (exact) mass is 236 g/mol. The van der Waals surface area contributed by atoms with Crippen LogP contribution in [0.2, 0.25) is 0 Å². The number of rotatable bonds is 2. The van der Waals surface area contributed by atoms with Crippen molar-refractivity contribution in [2.45, 2.75) is 31.8 Å². The van der Waals surface area contributed by atoms with Gasteiger partial charge >= 0.3 is 0 Å². The fraction of sp³-hybridized carbons (Fsp3) is 0.462. The first-order valence-electron chi connectivity index (χ1n) is 5.91. The summed E-state index contributed by atoms with van der Waals surface area (Å²) in [5.74, 6) is -0.348. The van der Waals surface area contributed by atoms with E-state index in [1.54, 1.807) is 23.1 Å². The molecule has 1 fully saturated rings. The average Bonchev–Trinajstić information content (AvgIpc) is 2.32. The van der Waals surface area contributed by atoms with E-state index in [-0.39, 0.29) is 17.8 Å². The number of nitrogens with zero attached hydrogens (tertiary/aromatic N) is 1. The van der Waals surface area contributed by atoms with Gasteiger partial charge in [0.2, 0.25) is 5.91 Å². The van der Waals surface area contributed by atoms with E-state index in [2.05, 4.69) is 0 Å². The molecule has 4 heteroatoms. The topological polar surface area (TPSA) is 46.3 Å². The normalized spacial score (nSPS) is 22.6. The zero-order valence-electron chi connectivity index (χ0n) is 9.90. The molecular formula is C13H17FN2O. The number of hydrogen-bond acceptors (Lipinski definition) is 2. The predicted molar refractivity (Wildman–Crippen MR) is 63.7 cm³/mol. The van der Waals surface area contributed by atoms with Crippen molar-refractivity contribution in [1.82, 2.24) is 4.90 Å². The van der Waals surface area contributed by atoms with Gasteiger partial charge in [0.05, 0.1) is 12.1 Å². The van der Waals surface area contributed by atoms with Crippen LogP contribution in [0.1, 0.15) is 31.4 Å². The molecular weight excluding hydrogens is 219 g/mol. The number of halogens is 1. The Hall–Kier alpha value is -1.42. The molecule has 0 radical (unpaired) electrons. The second-order valence-electron chi connectivity index (χ2n) is 4.48. The Kier molecular flexibility index (Phi) is 3.43. The maximum absolute atomic E-state index is 13.7. The van der Waals surface area contributed by atoms with Crippen LogP contribution in [-0.2, 0) is 4.79 Å². The first kappa shape index (κ1) is 12.0. The summed E-state index contributed by atoms with van der Waals surface area (Å²) in [4.78, 5) is 13.6. The van der Waals surface area contributed by atoms with Gasteiger partial charge in [-0.1, -0.05) is 18.2 Å². The molecule has 2 N–H and O–H groups in total. The van der Waals surface area contributed by atoms with Gasteiger partial charge in [0.15, 0.2) is 0 Å². The Labute approximate surface area is 100 Å². The average molecular weight is 236 g/mol. The summed E-state index contributed by atoms with van der Waals surface area (Å²) >= 11 is 0. The van der Waals surface area contributed by atoms with Crippen LogP contribution in [0, 0.1) is 5.82 Å². The Morgan fingerprint density at radius 1 is 1.47 bits per heavy atom. The molecule has 0 aliphatic carbocycles. The van der Waals surface area contributed by atoms with Crippen LogP contribution in [0.5, 0.6) is 0 Å². The zero-order chi connectivity index (χ0) is 12.4. The standard InChI is InChI=1S/C13H17FN2O/c1-9(10-5-2-3-6-11(10)14)16-8-4-7-12(15)13(16)17/h2-3,5-6,9,12H,4,7-8,15H2,1H3/t9-,12-/m1/s1. The molecule has 3 nitrogen and oxygen atoms in total. The van der Waals surface area contributed by atoms with Crippen molar-refractivity contribution in [3.8, 4) is 0 Å². The molecule has 1 heterocycles. The molecule has 1 amide bonds. The van der Waals surface area contributed by atoms with Crippen LogP contribution in [0.25, 0.3) is 0 Å². The van der Waals surface area contributed by atoms with Crippen molar-refractivity contribution in [2.24, 2.45) is 5.73 Å². The van der Waals surface area contributed by atoms with Gasteiger partial charge in [-0.25, -0.2) is 4.39 Å². The van der Waals surface area contributed by atoms with Crippen molar-refractivity contribution in [3.05, 3.63) is 35.6 Å². The number of piperidine rings is 1. The molecule has 0 saturated carbocycles. The van der Waals surface area contributed by atoms with Crippen LogP contribution in [0.15, 0.2) is 24.3 Å². The third-order valence-corrected chi connectivity index (χ3v) is 3.34. The lowest BCUT2D eigenvalue weighted by Gasteiger charge is -2.35. The van der Waals surface area contributed by atoms with E-state index in [4.69, 9.17) is 5.73 Å². The van der Waals surface area contributed by atoms with Gasteiger partial charge in [0.1, 0.15) is 5.82 Å². The highest BCUT2D eigenvalue weighted by atomic mass is 19.1. The van der Waals surface area contributed by atoms with Gasteiger partial charge < -0.3 is 10.6 Å². The summed E-state index contributed by atoms with van der Waals surface area (Å²) in [6.07, 6.45) is 1.60. The highest BCUT2D eigenvalue weighted by Gasteiger charge is 2.30. The lowest BCUT2D eigenvalue weighted by atomic mass is 10.00. The van der Waals surface area contributed by atoms with Crippen LogP contribution in [0.3, 0.4) is 0 Å². The first-order chi connectivity index (χ1) is 8.11. The minimum atomic E-state index is -0.432. The van der Waals surface area contributed by atoms with Crippen LogP contribution >= 0.6 is 0 Å². The first-order valence-corrected chi connectivity index (χ1v) is 5.91. The molecule has 2 atom stereocenters. The molecule has 0 spiro atoms. The van der Waals surface area contributed by atoms with Crippen molar-refractivity contribution < 1.29 is 9.18 Å². The third-order valence-electron chi connectivity index (χ3n) is 3.34. The number of likely N-dealkylation sites (tertiary alicyclic amines) is 1. The van der Waals surface area contributed by atoms with E-state index in [9.17, 15) is 9.18 Å². The molecule has 0 bridgehead atoms. The number of hydrogen-bond donors (Lipinski definition) is 1. The zero-order valence-corrected chi connectivity index (χ0v) is 9.90. The van der Waals surface area contributed by atoms with Crippen LogP contribution < -0.4 is 5.73 Å². The molecule has 0 aromatic heterocycles. The van der Waals surface area contributed by atoms with Gasteiger partial charge in [-0.15, -0.1) is 0 Å². The van der Waals surface area contributed by atoms with Gasteiger partial charge in [-0.3, -0.25) is 4.79 Å². The summed E-state index contributed by atoms with van der Waals surface area (Å²) < 4.78 is 13.7. The number of nitrogens with two attached hydrogens (primary N) is 1. The lowest BCUT2D eigenvalue weighted by Crippen LogP contribution is -2.49. The molecule has 1 aromatic rings. The highest BCUT2D eigenvalue weighted by Crippen LogP contribution is 2.26. The van der Waals surface area contributed by atoms with E-state index >= 15 is 0 Å². The second kappa shape index (κ2) is 4.84. The molecule has 1 aliphatic rings. The highest BCUT2D eigenvalue weighted by molar-refractivity contribution is 5.82. The fourth-order valence-corrected chi connectivity index (χ4v) is 2.29.